The highest BCUT2D eigenvalue weighted by Gasteiger charge is 2.20. The van der Waals surface area contributed by atoms with Gasteiger partial charge in [0.25, 0.3) is 0 Å². The Morgan fingerprint density at radius 3 is 2.79 bits per heavy atom. The molecular weight excluding hydrogens is 260 g/mol. The lowest BCUT2D eigenvalue weighted by molar-refractivity contribution is 0.372. The van der Waals surface area contributed by atoms with Crippen molar-refractivity contribution in [1.29, 1.82) is 0 Å². The third-order valence-corrected chi connectivity index (χ3v) is 4.59. The van der Waals surface area contributed by atoms with Crippen molar-refractivity contribution in [1.82, 2.24) is 14.5 Å². The van der Waals surface area contributed by atoms with Gasteiger partial charge in [0.05, 0.1) is 10.9 Å². The van der Waals surface area contributed by atoms with E-state index in [1.807, 2.05) is 41.5 Å². The maximum atomic E-state index is 10.3. The van der Waals surface area contributed by atoms with Crippen LogP contribution in [-0.2, 0) is 0 Å². The highest BCUT2D eigenvalue weighted by molar-refractivity contribution is 7.99. The lowest BCUT2D eigenvalue weighted by atomic mass is 10.1. The van der Waals surface area contributed by atoms with Crippen molar-refractivity contribution in [3.8, 4) is 5.88 Å². The molecule has 1 fully saturated rings. The Morgan fingerprint density at radius 2 is 2.11 bits per heavy atom. The SMILES string of the molecule is CN(C)c1ncc2c(O)n(C3CCSCC3)cc2n1. The molecule has 1 aliphatic rings. The van der Waals surface area contributed by atoms with Crippen molar-refractivity contribution in [3.63, 3.8) is 0 Å². The summed E-state index contributed by atoms with van der Waals surface area (Å²) >= 11 is 1.98. The first-order chi connectivity index (χ1) is 9.16. The monoisotopic (exact) mass is 278 g/mol. The van der Waals surface area contributed by atoms with Crippen molar-refractivity contribution in [2.75, 3.05) is 30.5 Å². The molecule has 3 rings (SSSR count). The van der Waals surface area contributed by atoms with Crippen LogP contribution in [0.5, 0.6) is 5.88 Å². The standard InChI is InChI=1S/C13H18N4OS/c1-16(2)13-14-7-10-11(15-13)8-17(12(10)18)9-3-5-19-6-4-9/h7-9,18H,3-6H2,1-2H3. The zero-order valence-corrected chi connectivity index (χ0v) is 12.0. The van der Waals surface area contributed by atoms with Gasteiger partial charge in [-0.25, -0.2) is 9.97 Å². The van der Waals surface area contributed by atoms with E-state index in [1.54, 1.807) is 6.20 Å². The van der Waals surface area contributed by atoms with E-state index < -0.39 is 0 Å². The van der Waals surface area contributed by atoms with E-state index in [2.05, 4.69) is 9.97 Å². The maximum absolute atomic E-state index is 10.3. The minimum atomic E-state index is 0.303. The minimum Gasteiger partial charge on any atom is -0.494 e. The topological polar surface area (TPSA) is 54.2 Å². The number of aromatic hydroxyl groups is 1. The molecule has 2 aromatic heterocycles. The summed E-state index contributed by atoms with van der Waals surface area (Å²) in [6, 6.07) is 0.387. The summed E-state index contributed by atoms with van der Waals surface area (Å²) in [6.07, 6.45) is 5.88. The minimum absolute atomic E-state index is 0.303. The Balaban J connectivity index is 2.03. The van der Waals surface area contributed by atoms with Crippen molar-refractivity contribution in [3.05, 3.63) is 12.4 Å². The molecule has 1 N–H and O–H groups in total. The number of aromatic nitrogens is 3. The van der Waals surface area contributed by atoms with Gasteiger partial charge in [0.1, 0.15) is 0 Å². The van der Waals surface area contributed by atoms with E-state index in [0.29, 0.717) is 17.9 Å². The molecule has 102 valence electrons. The van der Waals surface area contributed by atoms with Gasteiger partial charge in [0, 0.05) is 32.5 Å². The molecule has 3 heterocycles. The molecule has 1 saturated heterocycles. The first-order valence-corrected chi connectivity index (χ1v) is 7.64. The summed E-state index contributed by atoms with van der Waals surface area (Å²) in [5, 5.41) is 11.1. The van der Waals surface area contributed by atoms with Gasteiger partial charge in [-0.3, -0.25) is 0 Å². The number of hydrogen-bond acceptors (Lipinski definition) is 5. The van der Waals surface area contributed by atoms with Crippen LogP contribution < -0.4 is 4.90 Å². The average molecular weight is 278 g/mol. The van der Waals surface area contributed by atoms with E-state index in [4.69, 9.17) is 0 Å². The normalized spacial score (nSPS) is 16.9. The van der Waals surface area contributed by atoms with Crippen LogP contribution >= 0.6 is 11.8 Å². The number of fused-ring (bicyclic) bond motifs is 1. The fourth-order valence-corrected chi connectivity index (χ4v) is 3.53. The number of thioether (sulfide) groups is 1. The van der Waals surface area contributed by atoms with Crippen LogP contribution in [0.3, 0.4) is 0 Å². The summed E-state index contributed by atoms with van der Waals surface area (Å²) in [4.78, 5) is 10.6. The predicted molar refractivity (Wildman–Crippen MR) is 79.1 cm³/mol. The van der Waals surface area contributed by atoms with Gasteiger partial charge in [-0.05, 0) is 24.3 Å². The summed E-state index contributed by atoms with van der Waals surface area (Å²) in [7, 11) is 3.83. The third kappa shape index (κ3) is 2.25. The van der Waals surface area contributed by atoms with Crippen LogP contribution in [0.1, 0.15) is 18.9 Å². The summed E-state index contributed by atoms with van der Waals surface area (Å²) in [6.45, 7) is 0. The molecular formula is C13H18N4OS. The molecule has 2 aromatic rings. The van der Waals surface area contributed by atoms with Gasteiger partial charge in [0.15, 0.2) is 0 Å². The molecule has 0 aromatic carbocycles. The van der Waals surface area contributed by atoms with Crippen molar-refractivity contribution in [2.24, 2.45) is 0 Å². The second-order valence-electron chi connectivity index (χ2n) is 5.07. The Kier molecular flexibility index (Phi) is 3.26. The van der Waals surface area contributed by atoms with Gasteiger partial charge < -0.3 is 14.6 Å². The lowest BCUT2D eigenvalue weighted by Crippen LogP contribution is -2.13. The van der Waals surface area contributed by atoms with Gasteiger partial charge in [-0.1, -0.05) is 0 Å². The lowest BCUT2D eigenvalue weighted by Gasteiger charge is -2.23. The summed E-state index contributed by atoms with van der Waals surface area (Å²) in [5.41, 5.74) is 0.814. The first kappa shape index (κ1) is 12.6. The summed E-state index contributed by atoms with van der Waals surface area (Å²) < 4.78 is 1.97. The molecule has 5 nitrogen and oxygen atoms in total. The van der Waals surface area contributed by atoms with Gasteiger partial charge in [0.2, 0.25) is 11.8 Å². The van der Waals surface area contributed by atoms with Gasteiger partial charge >= 0.3 is 0 Å². The quantitative estimate of drug-likeness (QED) is 0.913. The fourth-order valence-electron chi connectivity index (χ4n) is 2.45. The van der Waals surface area contributed by atoms with E-state index in [1.165, 1.54) is 0 Å². The van der Waals surface area contributed by atoms with Crippen LogP contribution in [0.25, 0.3) is 10.9 Å². The van der Waals surface area contributed by atoms with Crippen LogP contribution in [0, 0.1) is 0 Å². The number of nitrogens with zero attached hydrogens (tertiary/aromatic N) is 4. The second-order valence-corrected chi connectivity index (χ2v) is 6.29. The molecule has 0 spiro atoms. The van der Waals surface area contributed by atoms with Crippen molar-refractivity contribution in [2.45, 2.75) is 18.9 Å². The van der Waals surface area contributed by atoms with E-state index in [9.17, 15) is 5.11 Å². The predicted octanol–water partition coefficient (Wildman–Crippen LogP) is 2.27. The molecule has 0 radical (unpaired) electrons. The Morgan fingerprint density at radius 1 is 1.37 bits per heavy atom. The average Bonchev–Trinajstić information content (AvgIpc) is 2.76. The second kappa shape index (κ2) is 4.92. The van der Waals surface area contributed by atoms with E-state index >= 15 is 0 Å². The molecule has 0 bridgehead atoms. The smallest absolute Gasteiger partial charge is 0.225 e. The Hall–Kier alpha value is -1.43. The Bertz CT molecular complexity index is 590. The van der Waals surface area contributed by atoms with Crippen LogP contribution in [0.2, 0.25) is 0 Å². The molecule has 1 aliphatic heterocycles. The number of rotatable bonds is 2. The zero-order chi connectivity index (χ0) is 13.4. The van der Waals surface area contributed by atoms with Gasteiger partial charge in [-0.2, -0.15) is 11.8 Å². The maximum Gasteiger partial charge on any atom is 0.225 e. The first-order valence-electron chi connectivity index (χ1n) is 6.48. The van der Waals surface area contributed by atoms with Crippen LogP contribution in [0.15, 0.2) is 12.4 Å². The third-order valence-electron chi connectivity index (χ3n) is 3.54. The molecule has 0 atom stereocenters. The highest BCUT2D eigenvalue weighted by Crippen LogP contribution is 2.35. The molecule has 0 unspecified atom stereocenters. The molecule has 6 heteroatoms. The number of hydrogen-bond donors (Lipinski definition) is 1. The van der Waals surface area contributed by atoms with Gasteiger partial charge in [-0.15, -0.1) is 0 Å². The van der Waals surface area contributed by atoms with Crippen molar-refractivity contribution < 1.29 is 5.11 Å². The van der Waals surface area contributed by atoms with E-state index in [-0.39, 0.29) is 0 Å². The highest BCUT2D eigenvalue weighted by atomic mass is 32.2. The summed E-state index contributed by atoms with van der Waals surface area (Å²) in [5.74, 6) is 3.29. The van der Waals surface area contributed by atoms with Crippen LogP contribution in [-0.4, -0.2) is 45.2 Å². The molecule has 19 heavy (non-hydrogen) atoms. The number of anilines is 1. The van der Waals surface area contributed by atoms with Crippen molar-refractivity contribution >= 4 is 28.6 Å². The molecule has 0 saturated carbocycles. The zero-order valence-electron chi connectivity index (χ0n) is 11.2. The fraction of sp³-hybridized carbons (Fsp3) is 0.538. The molecule has 0 aliphatic carbocycles. The Labute approximate surface area is 116 Å². The van der Waals surface area contributed by atoms with Crippen LogP contribution in [0.4, 0.5) is 5.95 Å². The van der Waals surface area contributed by atoms with E-state index in [0.717, 1.165) is 35.3 Å². The largest absolute Gasteiger partial charge is 0.494 e. The molecule has 0 amide bonds.